The van der Waals surface area contributed by atoms with Crippen molar-refractivity contribution >= 4 is 0 Å². The van der Waals surface area contributed by atoms with Crippen molar-refractivity contribution in [3.63, 3.8) is 0 Å². The van der Waals surface area contributed by atoms with Gasteiger partial charge in [-0.05, 0) is 32.4 Å². The number of aliphatic hydroxyl groups is 1. The molecule has 0 saturated heterocycles. The molecule has 0 amide bonds. The van der Waals surface area contributed by atoms with E-state index in [-0.39, 0.29) is 11.6 Å². The highest BCUT2D eigenvalue weighted by atomic mass is 16.3. The molecule has 0 saturated carbocycles. The first-order valence-electron chi connectivity index (χ1n) is 7.05. The SMILES string of the molecule is CCCCC(O)C(CC)(CC)N(CC)CC. The Morgan fingerprint density at radius 1 is 1.00 bits per heavy atom. The van der Waals surface area contributed by atoms with E-state index in [4.69, 9.17) is 0 Å². The molecule has 2 heteroatoms. The number of unbranched alkanes of at least 4 members (excludes halogenated alkanes) is 1. The first kappa shape index (κ1) is 15.9. The van der Waals surface area contributed by atoms with Gasteiger partial charge >= 0.3 is 0 Å². The summed E-state index contributed by atoms with van der Waals surface area (Å²) >= 11 is 0. The van der Waals surface area contributed by atoms with Gasteiger partial charge in [0.1, 0.15) is 0 Å². The number of aliphatic hydroxyl groups excluding tert-OH is 1. The van der Waals surface area contributed by atoms with Gasteiger partial charge in [0.2, 0.25) is 0 Å². The zero-order chi connectivity index (χ0) is 12.6. The van der Waals surface area contributed by atoms with Gasteiger partial charge in [-0.15, -0.1) is 0 Å². The maximum Gasteiger partial charge on any atom is 0.0723 e. The highest BCUT2D eigenvalue weighted by Gasteiger charge is 2.38. The van der Waals surface area contributed by atoms with Crippen molar-refractivity contribution in [1.82, 2.24) is 4.90 Å². The van der Waals surface area contributed by atoms with Crippen LogP contribution >= 0.6 is 0 Å². The normalized spacial score (nSPS) is 14.4. The van der Waals surface area contributed by atoms with Crippen LogP contribution in [0.25, 0.3) is 0 Å². The maximum atomic E-state index is 10.5. The van der Waals surface area contributed by atoms with E-state index in [1.807, 2.05) is 0 Å². The quantitative estimate of drug-likeness (QED) is 0.654. The van der Waals surface area contributed by atoms with Crippen molar-refractivity contribution in [3.05, 3.63) is 0 Å². The molecule has 0 radical (unpaired) electrons. The number of hydrogen-bond acceptors (Lipinski definition) is 2. The number of rotatable bonds is 9. The largest absolute Gasteiger partial charge is 0.391 e. The third kappa shape index (κ3) is 3.46. The Morgan fingerprint density at radius 2 is 1.50 bits per heavy atom. The van der Waals surface area contributed by atoms with Crippen LogP contribution < -0.4 is 0 Å². The lowest BCUT2D eigenvalue weighted by Crippen LogP contribution is -2.56. The van der Waals surface area contributed by atoms with E-state index in [2.05, 4.69) is 39.5 Å². The van der Waals surface area contributed by atoms with Crippen LogP contribution in [-0.2, 0) is 0 Å². The first-order chi connectivity index (χ1) is 7.62. The predicted octanol–water partition coefficient (Wildman–Crippen LogP) is 3.44. The molecule has 0 rings (SSSR count). The second-order valence-electron chi connectivity index (χ2n) is 4.64. The van der Waals surface area contributed by atoms with E-state index in [1.165, 1.54) is 6.42 Å². The summed E-state index contributed by atoms with van der Waals surface area (Å²) in [5.74, 6) is 0. The molecule has 1 atom stereocenters. The summed E-state index contributed by atoms with van der Waals surface area (Å²) in [4.78, 5) is 2.44. The second kappa shape index (κ2) is 8.08. The van der Waals surface area contributed by atoms with Crippen LogP contribution in [0.4, 0.5) is 0 Å². The number of likely N-dealkylation sites (N-methyl/N-ethyl adjacent to an activating group) is 1. The molecule has 0 aromatic carbocycles. The molecule has 1 N–H and O–H groups in total. The van der Waals surface area contributed by atoms with Crippen LogP contribution in [0, 0.1) is 0 Å². The standard InChI is InChI=1S/C14H31NO/c1-6-11-12-13(16)14(7-2,8-3)15(9-4)10-5/h13,16H,6-12H2,1-5H3. The Labute approximate surface area is 102 Å². The summed E-state index contributed by atoms with van der Waals surface area (Å²) in [5, 5.41) is 10.5. The van der Waals surface area contributed by atoms with E-state index in [9.17, 15) is 5.11 Å². The third-order valence-corrected chi connectivity index (χ3v) is 4.07. The highest BCUT2D eigenvalue weighted by Crippen LogP contribution is 2.30. The van der Waals surface area contributed by atoms with Crippen LogP contribution in [0.3, 0.4) is 0 Å². The van der Waals surface area contributed by atoms with Crippen LogP contribution in [0.1, 0.15) is 66.7 Å². The van der Waals surface area contributed by atoms with Gasteiger partial charge in [0, 0.05) is 5.54 Å². The maximum absolute atomic E-state index is 10.5. The number of nitrogens with zero attached hydrogens (tertiary/aromatic N) is 1. The van der Waals surface area contributed by atoms with Crippen LogP contribution in [0.5, 0.6) is 0 Å². The molecule has 0 aliphatic rings. The molecule has 0 heterocycles. The van der Waals surface area contributed by atoms with Crippen LogP contribution in [-0.4, -0.2) is 34.7 Å². The molecule has 0 aromatic heterocycles. The summed E-state index contributed by atoms with van der Waals surface area (Å²) in [6.45, 7) is 13.0. The van der Waals surface area contributed by atoms with E-state index in [1.54, 1.807) is 0 Å². The molecule has 0 aliphatic carbocycles. The second-order valence-corrected chi connectivity index (χ2v) is 4.64. The van der Waals surface area contributed by atoms with Crippen LogP contribution in [0.2, 0.25) is 0 Å². The van der Waals surface area contributed by atoms with Gasteiger partial charge in [-0.25, -0.2) is 0 Å². The van der Waals surface area contributed by atoms with E-state index >= 15 is 0 Å². The molecule has 0 aliphatic heterocycles. The summed E-state index contributed by atoms with van der Waals surface area (Å²) in [6.07, 6.45) is 5.13. The molecule has 0 bridgehead atoms. The van der Waals surface area contributed by atoms with E-state index < -0.39 is 0 Å². The molecular weight excluding hydrogens is 198 g/mol. The average molecular weight is 229 g/mol. The number of hydrogen-bond donors (Lipinski definition) is 1. The summed E-state index contributed by atoms with van der Waals surface area (Å²) in [5.41, 5.74) is -0.00132. The lowest BCUT2D eigenvalue weighted by Gasteiger charge is -2.46. The molecule has 1 unspecified atom stereocenters. The molecule has 2 nitrogen and oxygen atoms in total. The fraction of sp³-hybridized carbons (Fsp3) is 1.00. The lowest BCUT2D eigenvalue weighted by atomic mass is 9.82. The molecule has 0 aromatic rings. The minimum atomic E-state index is -0.178. The molecule has 16 heavy (non-hydrogen) atoms. The fourth-order valence-corrected chi connectivity index (χ4v) is 2.90. The van der Waals surface area contributed by atoms with Gasteiger partial charge in [0.25, 0.3) is 0 Å². The molecular formula is C14H31NO. The van der Waals surface area contributed by atoms with E-state index in [0.29, 0.717) is 0 Å². The zero-order valence-electron chi connectivity index (χ0n) is 11.9. The molecule has 0 fully saturated rings. The Hall–Kier alpha value is -0.0800. The van der Waals surface area contributed by atoms with Gasteiger partial charge in [0.05, 0.1) is 6.10 Å². The highest BCUT2D eigenvalue weighted by molar-refractivity contribution is 4.94. The van der Waals surface area contributed by atoms with Gasteiger partial charge < -0.3 is 5.11 Å². The minimum Gasteiger partial charge on any atom is -0.391 e. The Kier molecular flexibility index (Phi) is 8.04. The minimum absolute atomic E-state index is 0.00132. The summed E-state index contributed by atoms with van der Waals surface area (Å²) < 4.78 is 0. The summed E-state index contributed by atoms with van der Waals surface area (Å²) in [6, 6.07) is 0. The van der Waals surface area contributed by atoms with Gasteiger partial charge in [0.15, 0.2) is 0 Å². The van der Waals surface area contributed by atoms with Crippen molar-refractivity contribution in [3.8, 4) is 0 Å². The summed E-state index contributed by atoms with van der Waals surface area (Å²) in [7, 11) is 0. The monoisotopic (exact) mass is 229 g/mol. The van der Waals surface area contributed by atoms with Gasteiger partial charge in [-0.2, -0.15) is 0 Å². The van der Waals surface area contributed by atoms with Crippen molar-refractivity contribution in [2.24, 2.45) is 0 Å². The zero-order valence-corrected chi connectivity index (χ0v) is 11.9. The Bertz CT molecular complexity index is 162. The predicted molar refractivity (Wildman–Crippen MR) is 71.8 cm³/mol. The molecule has 0 spiro atoms. The van der Waals surface area contributed by atoms with Crippen molar-refractivity contribution in [1.29, 1.82) is 0 Å². The average Bonchev–Trinajstić information content (AvgIpc) is 2.33. The first-order valence-corrected chi connectivity index (χ1v) is 7.05. The smallest absolute Gasteiger partial charge is 0.0723 e. The lowest BCUT2D eigenvalue weighted by molar-refractivity contribution is -0.0392. The van der Waals surface area contributed by atoms with Gasteiger partial charge in [-0.3, -0.25) is 4.90 Å². The van der Waals surface area contributed by atoms with Gasteiger partial charge in [-0.1, -0.05) is 47.5 Å². The topological polar surface area (TPSA) is 23.5 Å². The van der Waals surface area contributed by atoms with Crippen molar-refractivity contribution in [2.75, 3.05) is 13.1 Å². The Balaban J connectivity index is 4.76. The third-order valence-electron chi connectivity index (χ3n) is 4.07. The van der Waals surface area contributed by atoms with Crippen molar-refractivity contribution < 1.29 is 5.11 Å². The van der Waals surface area contributed by atoms with E-state index in [0.717, 1.165) is 38.8 Å². The van der Waals surface area contributed by atoms with Crippen LogP contribution in [0.15, 0.2) is 0 Å². The molecule has 98 valence electrons. The Morgan fingerprint density at radius 3 is 1.81 bits per heavy atom. The fourth-order valence-electron chi connectivity index (χ4n) is 2.90. The van der Waals surface area contributed by atoms with Crippen molar-refractivity contribution in [2.45, 2.75) is 78.4 Å².